The molecule has 4 nitrogen and oxygen atoms in total. The first-order valence-electron chi connectivity index (χ1n) is 4.67. The first-order valence-corrected chi connectivity index (χ1v) is 5.89. The summed E-state index contributed by atoms with van der Waals surface area (Å²) in [6, 6.07) is 3.62. The number of phenols is 1. The Balaban J connectivity index is 3.15. The number of benzene rings is 1. The van der Waals surface area contributed by atoms with Gasteiger partial charge in [-0.3, -0.25) is 5.32 Å². The molecule has 0 unspecified atom stereocenters. The summed E-state index contributed by atoms with van der Waals surface area (Å²) in [5, 5.41) is 21.3. The Labute approximate surface area is 99.0 Å². The second-order valence-corrected chi connectivity index (χ2v) is 4.03. The van der Waals surface area contributed by atoms with E-state index in [0.29, 0.717) is 10.9 Å². The maximum Gasteiger partial charge on any atom is 0.183 e. The van der Waals surface area contributed by atoms with Crippen molar-refractivity contribution < 1.29 is 5.11 Å². The van der Waals surface area contributed by atoms with Crippen molar-refractivity contribution in [2.24, 2.45) is 4.99 Å². The summed E-state index contributed by atoms with van der Waals surface area (Å²) in [6.07, 6.45) is 3.61. The van der Waals surface area contributed by atoms with Crippen LogP contribution >= 0.6 is 11.8 Å². The number of hydrogen-bond donors (Lipinski definition) is 2. The van der Waals surface area contributed by atoms with Gasteiger partial charge in [-0.25, -0.2) is 4.99 Å². The highest BCUT2D eigenvalue weighted by molar-refractivity contribution is 8.13. The highest BCUT2D eigenvalue weighted by Gasteiger charge is 2.06. The van der Waals surface area contributed by atoms with Crippen molar-refractivity contribution in [3.05, 3.63) is 23.3 Å². The van der Waals surface area contributed by atoms with E-state index in [9.17, 15) is 5.11 Å². The van der Waals surface area contributed by atoms with Gasteiger partial charge in [0.2, 0.25) is 0 Å². The van der Waals surface area contributed by atoms with E-state index >= 15 is 0 Å². The van der Waals surface area contributed by atoms with Gasteiger partial charge in [0.05, 0.1) is 0 Å². The van der Waals surface area contributed by atoms with Gasteiger partial charge >= 0.3 is 0 Å². The molecule has 0 aliphatic heterocycles. The lowest BCUT2D eigenvalue weighted by Gasteiger charge is -2.07. The van der Waals surface area contributed by atoms with Crippen molar-refractivity contribution >= 4 is 22.6 Å². The zero-order valence-corrected chi connectivity index (χ0v) is 10.2. The van der Waals surface area contributed by atoms with Crippen LogP contribution in [-0.4, -0.2) is 16.5 Å². The maximum atomic E-state index is 9.86. The molecule has 0 aliphatic carbocycles. The van der Waals surface area contributed by atoms with Crippen LogP contribution in [0.15, 0.2) is 17.1 Å². The minimum atomic E-state index is 0.159. The van der Waals surface area contributed by atoms with Crippen LogP contribution in [0.5, 0.6) is 5.75 Å². The van der Waals surface area contributed by atoms with E-state index in [2.05, 4.69) is 10.3 Å². The number of thioether (sulfide) groups is 1. The summed E-state index contributed by atoms with van der Waals surface area (Å²) in [5.74, 6) is 0.159. The van der Waals surface area contributed by atoms with Crippen molar-refractivity contribution in [2.75, 3.05) is 6.26 Å². The van der Waals surface area contributed by atoms with Crippen molar-refractivity contribution in [1.29, 1.82) is 5.26 Å². The molecule has 0 aliphatic rings. The first kappa shape index (κ1) is 12.4. The number of hydrogen-bond acceptors (Lipinski definition) is 4. The summed E-state index contributed by atoms with van der Waals surface area (Å²) >= 11 is 1.31. The number of aliphatic imine (C=N–C) groups is 1. The van der Waals surface area contributed by atoms with Crippen LogP contribution in [0.4, 0.5) is 5.69 Å². The number of phenolic OH excluding ortho intramolecular Hbond substituents is 1. The van der Waals surface area contributed by atoms with Crippen molar-refractivity contribution in [2.45, 2.75) is 13.8 Å². The van der Waals surface area contributed by atoms with Crippen molar-refractivity contribution in [3.63, 3.8) is 0 Å². The number of nitrogens with one attached hydrogen (secondary N) is 1. The normalized spacial score (nSPS) is 11.0. The van der Waals surface area contributed by atoms with E-state index < -0.39 is 0 Å². The Bertz CT molecular complexity index is 463. The molecule has 84 valence electrons. The third-order valence-corrected chi connectivity index (χ3v) is 2.84. The zero-order valence-electron chi connectivity index (χ0n) is 9.40. The fraction of sp³-hybridized carbons (Fsp3) is 0.273. The monoisotopic (exact) mass is 235 g/mol. The Morgan fingerprint density at radius 1 is 1.50 bits per heavy atom. The Kier molecular flexibility index (Phi) is 4.20. The number of amidine groups is 1. The molecule has 0 saturated heterocycles. The average Bonchev–Trinajstić information content (AvgIpc) is 2.29. The number of nitriles is 1. The minimum Gasteiger partial charge on any atom is -0.505 e. The number of aromatic hydroxyl groups is 1. The minimum absolute atomic E-state index is 0.159. The van der Waals surface area contributed by atoms with Gasteiger partial charge in [-0.2, -0.15) is 5.26 Å². The SMILES string of the molecule is CSC(=Nc1ccc(C)c(C)c1O)NC#N. The van der Waals surface area contributed by atoms with Gasteiger partial charge in [-0.1, -0.05) is 17.8 Å². The molecule has 0 fully saturated rings. The van der Waals surface area contributed by atoms with E-state index in [4.69, 9.17) is 5.26 Å². The van der Waals surface area contributed by atoms with E-state index in [-0.39, 0.29) is 5.75 Å². The maximum absolute atomic E-state index is 9.86. The largest absolute Gasteiger partial charge is 0.505 e. The van der Waals surface area contributed by atoms with E-state index in [1.807, 2.05) is 19.9 Å². The molecule has 16 heavy (non-hydrogen) atoms. The summed E-state index contributed by atoms with van der Waals surface area (Å²) < 4.78 is 0. The number of rotatable bonds is 1. The summed E-state index contributed by atoms with van der Waals surface area (Å²) in [6.45, 7) is 3.76. The average molecular weight is 235 g/mol. The Hall–Kier alpha value is -1.67. The van der Waals surface area contributed by atoms with Gasteiger partial charge in [0.1, 0.15) is 11.4 Å². The van der Waals surface area contributed by atoms with Crippen molar-refractivity contribution in [1.82, 2.24) is 5.32 Å². The van der Waals surface area contributed by atoms with Gasteiger partial charge in [0.25, 0.3) is 0 Å². The number of aryl methyl sites for hydroxylation is 1. The summed E-state index contributed by atoms with van der Waals surface area (Å²) in [7, 11) is 0. The van der Waals surface area contributed by atoms with E-state index in [1.165, 1.54) is 11.8 Å². The predicted molar refractivity (Wildman–Crippen MR) is 66.9 cm³/mol. The quantitative estimate of drug-likeness (QED) is 0.339. The molecular formula is C11H13N3OS. The van der Waals surface area contributed by atoms with Gasteiger partial charge in [0.15, 0.2) is 11.4 Å². The fourth-order valence-corrected chi connectivity index (χ4v) is 1.50. The van der Waals surface area contributed by atoms with Crippen LogP contribution in [0, 0.1) is 25.3 Å². The fourth-order valence-electron chi connectivity index (χ4n) is 1.16. The lowest BCUT2D eigenvalue weighted by molar-refractivity contribution is 0.472. The van der Waals surface area contributed by atoms with Crippen LogP contribution < -0.4 is 5.32 Å². The van der Waals surface area contributed by atoms with Crippen LogP contribution in [0.3, 0.4) is 0 Å². The van der Waals surface area contributed by atoms with Gasteiger partial charge in [0, 0.05) is 0 Å². The highest BCUT2D eigenvalue weighted by atomic mass is 32.2. The topological polar surface area (TPSA) is 68.4 Å². The molecule has 5 heteroatoms. The molecule has 1 aromatic rings. The van der Waals surface area contributed by atoms with Gasteiger partial charge < -0.3 is 5.11 Å². The third-order valence-electron chi connectivity index (χ3n) is 2.26. The molecule has 0 spiro atoms. The lowest BCUT2D eigenvalue weighted by atomic mass is 10.1. The smallest absolute Gasteiger partial charge is 0.183 e. The van der Waals surface area contributed by atoms with Crippen LogP contribution in [0.1, 0.15) is 11.1 Å². The van der Waals surface area contributed by atoms with E-state index in [0.717, 1.165) is 11.1 Å². The Morgan fingerprint density at radius 3 is 2.75 bits per heavy atom. The van der Waals surface area contributed by atoms with Crippen molar-refractivity contribution in [3.8, 4) is 11.9 Å². The lowest BCUT2D eigenvalue weighted by Crippen LogP contribution is -2.12. The molecule has 0 heterocycles. The molecule has 0 amide bonds. The standard InChI is InChI=1S/C11H13N3OS/c1-7-4-5-9(10(15)8(7)2)14-11(16-3)13-6-12/h4-5,15H,1-3H3,(H,13,14). The molecule has 2 N–H and O–H groups in total. The Morgan fingerprint density at radius 2 is 2.19 bits per heavy atom. The number of nitrogens with zero attached hydrogens (tertiary/aromatic N) is 2. The van der Waals surface area contributed by atoms with Gasteiger partial charge in [-0.05, 0) is 37.3 Å². The van der Waals surface area contributed by atoms with E-state index in [1.54, 1.807) is 18.5 Å². The molecule has 0 atom stereocenters. The molecule has 0 aromatic heterocycles. The molecule has 0 bridgehead atoms. The van der Waals surface area contributed by atoms with Crippen LogP contribution in [-0.2, 0) is 0 Å². The molecular weight excluding hydrogens is 222 g/mol. The van der Waals surface area contributed by atoms with Crippen LogP contribution in [0.2, 0.25) is 0 Å². The molecule has 1 rings (SSSR count). The van der Waals surface area contributed by atoms with Crippen LogP contribution in [0.25, 0.3) is 0 Å². The second-order valence-electron chi connectivity index (χ2n) is 3.23. The third kappa shape index (κ3) is 2.67. The predicted octanol–water partition coefficient (Wildman–Crippen LogP) is 2.43. The zero-order chi connectivity index (χ0) is 12.1. The van der Waals surface area contributed by atoms with Gasteiger partial charge in [-0.15, -0.1) is 0 Å². The second kappa shape index (κ2) is 5.42. The molecule has 1 aromatic carbocycles. The first-order chi connectivity index (χ1) is 7.60. The molecule has 0 saturated carbocycles. The molecule has 0 radical (unpaired) electrons. The highest BCUT2D eigenvalue weighted by Crippen LogP contribution is 2.32. The summed E-state index contributed by atoms with van der Waals surface area (Å²) in [5.41, 5.74) is 2.28. The summed E-state index contributed by atoms with van der Waals surface area (Å²) in [4.78, 5) is 4.16.